The first-order chi connectivity index (χ1) is 9.43. The highest BCUT2D eigenvalue weighted by Crippen LogP contribution is 2.20. The number of likely N-dealkylation sites (tertiary alicyclic amines) is 1. The van der Waals surface area contributed by atoms with Crippen LogP contribution in [-0.2, 0) is 14.4 Å². The minimum atomic E-state index is -0.931. The monoisotopic (exact) mass is 283 g/mol. The zero-order chi connectivity index (χ0) is 14.9. The summed E-state index contributed by atoms with van der Waals surface area (Å²) in [5, 5.41) is 11.1. The fraction of sp³-hybridized carbons (Fsp3) is 0.667. The number of carboxylic acid groups (broad SMARTS) is 1. The number of hydrogen-bond acceptors (Lipinski definition) is 4. The Balaban J connectivity index is 2.09. The van der Waals surface area contributed by atoms with Crippen LogP contribution in [0.5, 0.6) is 0 Å². The maximum Gasteiger partial charge on any atom is 0.321 e. The lowest BCUT2D eigenvalue weighted by Gasteiger charge is -2.35. The molecule has 2 saturated heterocycles. The molecular weight excluding hydrogens is 266 g/mol. The smallest absolute Gasteiger partial charge is 0.321 e. The molecular formula is C12H17N3O5. The van der Waals surface area contributed by atoms with Crippen molar-refractivity contribution in [3.05, 3.63) is 0 Å². The van der Waals surface area contributed by atoms with Gasteiger partial charge in [0.15, 0.2) is 0 Å². The van der Waals surface area contributed by atoms with Crippen molar-refractivity contribution in [2.75, 3.05) is 19.6 Å². The van der Waals surface area contributed by atoms with Crippen LogP contribution in [0.15, 0.2) is 0 Å². The van der Waals surface area contributed by atoms with Gasteiger partial charge in [-0.2, -0.15) is 0 Å². The second-order valence-electron chi connectivity index (χ2n) is 5.02. The third-order valence-electron chi connectivity index (χ3n) is 3.70. The van der Waals surface area contributed by atoms with Crippen LogP contribution in [0.2, 0.25) is 0 Å². The molecule has 0 aromatic rings. The zero-order valence-corrected chi connectivity index (χ0v) is 11.2. The van der Waals surface area contributed by atoms with E-state index in [9.17, 15) is 19.2 Å². The SMILES string of the molecule is CCC1C(=O)NC(=O)CN1C(=O)N1CCC(C(=O)O)C1. The van der Waals surface area contributed by atoms with Crippen molar-refractivity contribution >= 4 is 23.8 Å². The van der Waals surface area contributed by atoms with Crippen LogP contribution < -0.4 is 5.32 Å². The van der Waals surface area contributed by atoms with Gasteiger partial charge in [-0.15, -0.1) is 0 Å². The Labute approximate surface area is 115 Å². The third-order valence-corrected chi connectivity index (χ3v) is 3.70. The van der Waals surface area contributed by atoms with E-state index < -0.39 is 35.8 Å². The number of urea groups is 1. The van der Waals surface area contributed by atoms with Crippen molar-refractivity contribution in [2.45, 2.75) is 25.8 Å². The summed E-state index contributed by atoms with van der Waals surface area (Å²) in [6.45, 7) is 2.04. The summed E-state index contributed by atoms with van der Waals surface area (Å²) < 4.78 is 0. The summed E-state index contributed by atoms with van der Waals surface area (Å²) in [7, 11) is 0. The van der Waals surface area contributed by atoms with Gasteiger partial charge in [0, 0.05) is 13.1 Å². The molecule has 0 aliphatic carbocycles. The van der Waals surface area contributed by atoms with Crippen LogP contribution in [-0.4, -0.2) is 64.4 Å². The number of aliphatic carboxylic acids is 1. The molecule has 110 valence electrons. The molecule has 0 aromatic heterocycles. The molecule has 2 aliphatic heterocycles. The van der Waals surface area contributed by atoms with E-state index in [-0.39, 0.29) is 13.1 Å². The van der Waals surface area contributed by atoms with Crippen LogP contribution in [0, 0.1) is 5.92 Å². The molecule has 2 heterocycles. The molecule has 0 radical (unpaired) electrons. The fourth-order valence-electron chi connectivity index (χ4n) is 2.59. The van der Waals surface area contributed by atoms with Crippen molar-refractivity contribution in [1.29, 1.82) is 0 Å². The van der Waals surface area contributed by atoms with Crippen LogP contribution in [0.4, 0.5) is 4.79 Å². The first kappa shape index (κ1) is 14.3. The third kappa shape index (κ3) is 2.59. The number of carboxylic acids is 1. The Bertz CT molecular complexity index is 464. The molecule has 20 heavy (non-hydrogen) atoms. The number of piperazine rings is 1. The number of carbonyl (C=O) groups is 4. The van der Waals surface area contributed by atoms with Gasteiger partial charge in [0.1, 0.15) is 12.6 Å². The maximum atomic E-state index is 12.4. The minimum Gasteiger partial charge on any atom is -0.481 e. The maximum absolute atomic E-state index is 12.4. The summed E-state index contributed by atoms with van der Waals surface area (Å²) in [4.78, 5) is 49.0. The van der Waals surface area contributed by atoms with E-state index in [1.54, 1.807) is 6.92 Å². The van der Waals surface area contributed by atoms with Gasteiger partial charge < -0.3 is 14.9 Å². The normalized spacial score (nSPS) is 26.6. The molecule has 2 N–H and O–H groups in total. The Morgan fingerprint density at radius 2 is 2.10 bits per heavy atom. The quantitative estimate of drug-likeness (QED) is 0.648. The van der Waals surface area contributed by atoms with Crippen molar-refractivity contribution in [1.82, 2.24) is 15.1 Å². The average molecular weight is 283 g/mol. The van der Waals surface area contributed by atoms with E-state index >= 15 is 0 Å². The van der Waals surface area contributed by atoms with Crippen molar-refractivity contribution in [2.24, 2.45) is 5.92 Å². The first-order valence-electron chi connectivity index (χ1n) is 6.56. The van der Waals surface area contributed by atoms with Gasteiger partial charge in [0.25, 0.3) is 0 Å². The molecule has 2 unspecified atom stereocenters. The van der Waals surface area contributed by atoms with Gasteiger partial charge in [-0.05, 0) is 12.8 Å². The molecule has 2 atom stereocenters. The second kappa shape index (κ2) is 5.48. The number of amides is 4. The predicted octanol–water partition coefficient (Wildman–Crippen LogP) is -0.750. The number of carbonyl (C=O) groups excluding carboxylic acids is 3. The standard InChI is InChI=1S/C12H17N3O5/c1-2-8-10(17)13-9(16)6-15(8)12(20)14-4-3-7(5-14)11(18)19/h7-8H,2-6H2,1H3,(H,18,19)(H,13,16,17). The van der Waals surface area contributed by atoms with E-state index in [2.05, 4.69) is 5.32 Å². The molecule has 0 spiro atoms. The van der Waals surface area contributed by atoms with E-state index in [1.807, 2.05) is 0 Å². The molecule has 0 aromatic carbocycles. The molecule has 0 saturated carbocycles. The Morgan fingerprint density at radius 1 is 1.40 bits per heavy atom. The molecule has 4 amide bonds. The minimum absolute atomic E-state index is 0.122. The van der Waals surface area contributed by atoms with E-state index in [0.29, 0.717) is 19.4 Å². The Kier molecular flexibility index (Phi) is 3.91. The van der Waals surface area contributed by atoms with E-state index in [1.165, 1.54) is 9.80 Å². The number of hydrogen-bond donors (Lipinski definition) is 2. The Morgan fingerprint density at radius 3 is 2.65 bits per heavy atom. The molecule has 8 heteroatoms. The van der Waals surface area contributed by atoms with Gasteiger partial charge in [-0.1, -0.05) is 6.92 Å². The zero-order valence-electron chi connectivity index (χ0n) is 11.2. The summed E-state index contributed by atoms with van der Waals surface area (Å²) >= 11 is 0. The average Bonchev–Trinajstić information content (AvgIpc) is 2.86. The molecule has 2 fully saturated rings. The lowest BCUT2D eigenvalue weighted by atomic mass is 10.1. The van der Waals surface area contributed by atoms with Gasteiger partial charge >= 0.3 is 12.0 Å². The molecule has 0 bridgehead atoms. The number of imide groups is 1. The Hall–Kier alpha value is -2.12. The predicted molar refractivity (Wildman–Crippen MR) is 66.6 cm³/mol. The summed E-state index contributed by atoms with van der Waals surface area (Å²) in [6.07, 6.45) is 0.799. The van der Waals surface area contributed by atoms with Crippen LogP contribution in [0.3, 0.4) is 0 Å². The summed E-state index contributed by atoms with van der Waals surface area (Å²) in [5.41, 5.74) is 0. The van der Waals surface area contributed by atoms with Gasteiger partial charge in [0.05, 0.1) is 5.92 Å². The topological polar surface area (TPSA) is 107 Å². The van der Waals surface area contributed by atoms with Crippen molar-refractivity contribution in [3.63, 3.8) is 0 Å². The second-order valence-corrected chi connectivity index (χ2v) is 5.02. The van der Waals surface area contributed by atoms with Gasteiger partial charge in [0.2, 0.25) is 11.8 Å². The fourth-order valence-corrected chi connectivity index (χ4v) is 2.59. The first-order valence-corrected chi connectivity index (χ1v) is 6.56. The summed E-state index contributed by atoms with van der Waals surface area (Å²) in [6, 6.07) is -1.12. The largest absolute Gasteiger partial charge is 0.481 e. The van der Waals surface area contributed by atoms with Crippen molar-refractivity contribution in [3.8, 4) is 0 Å². The number of rotatable bonds is 2. The van der Waals surface area contributed by atoms with Gasteiger partial charge in [-0.3, -0.25) is 19.7 Å². The van der Waals surface area contributed by atoms with Crippen LogP contribution in [0.25, 0.3) is 0 Å². The van der Waals surface area contributed by atoms with E-state index in [0.717, 1.165) is 0 Å². The van der Waals surface area contributed by atoms with E-state index in [4.69, 9.17) is 5.11 Å². The van der Waals surface area contributed by atoms with Crippen molar-refractivity contribution < 1.29 is 24.3 Å². The number of nitrogens with zero attached hydrogens (tertiary/aromatic N) is 2. The van der Waals surface area contributed by atoms with Crippen LogP contribution >= 0.6 is 0 Å². The summed E-state index contributed by atoms with van der Waals surface area (Å²) in [5.74, 6) is -2.50. The molecule has 2 rings (SSSR count). The lowest BCUT2D eigenvalue weighted by Crippen LogP contribution is -2.61. The van der Waals surface area contributed by atoms with Crippen LogP contribution in [0.1, 0.15) is 19.8 Å². The highest BCUT2D eigenvalue weighted by molar-refractivity contribution is 6.04. The molecule has 2 aliphatic rings. The molecule has 8 nitrogen and oxygen atoms in total. The van der Waals surface area contributed by atoms with Gasteiger partial charge in [-0.25, -0.2) is 4.79 Å². The number of nitrogens with one attached hydrogen (secondary N) is 1. The lowest BCUT2D eigenvalue weighted by molar-refractivity contribution is -0.142. The highest BCUT2D eigenvalue weighted by Gasteiger charge is 2.40. The highest BCUT2D eigenvalue weighted by atomic mass is 16.4.